The maximum Gasteiger partial charge on any atom is 0.252 e. The summed E-state index contributed by atoms with van der Waals surface area (Å²) in [6, 6.07) is 9.24. The van der Waals surface area contributed by atoms with E-state index in [4.69, 9.17) is 0 Å². The number of hydrogen-bond donors (Lipinski definition) is 3. The van der Waals surface area contributed by atoms with Crippen LogP contribution in [0.15, 0.2) is 30.3 Å². The molecular formula is C18H24N4O2. The van der Waals surface area contributed by atoms with Gasteiger partial charge in [-0.1, -0.05) is 39.0 Å². The number of amides is 2. The molecule has 1 aromatic carbocycles. The van der Waals surface area contributed by atoms with Crippen LogP contribution >= 0.6 is 0 Å². The molecule has 0 unspecified atom stereocenters. The number of aromatic nitrogens is 1. The summed E-state index contributed by atoms with van der Waals surface area (Å²) < 4.78 is 0. The van der Waals surface area contributed by atoms with E-state index in [2.05, 4.69) is 20.9 Å². The van der Waals surface area contributed by atoms with Gasteiger partial charge in [-0.05, 0) is 12.1 Å². The second-order valence-corrected chi connectivity index (χ2v) is 6.58. The van der Waals surface area contributed by atoms with Crippen molar-refractivity contribution in [3.05, 3.63) is 35.9 Å². The number of nitrogens with one attached hydrogen (secondary N) is 3. The van der Waals surface area contributed by atoms with Gasteiger partial charge in [0.05, 0.1) is 11.1 Å². The maximum atomic E-state index is 12.5. The van der Waals surface area contributed by atoms with Crippen LogP contribution in [0.2, 0.25) is 0 Å². The molecule has 24 heavy (non-hydrogen) atoms. The van der Waals surface area contributed by atoms with Crippen LogP contribution in [-0.2, 0) is 4.79 Å². The molecule has 0 aliphatic heterocycles. The van der Waals surface area contributed by atoms with E-state index in [1.54, 1.807) is 13.1 Å². The number of benzene rings is 1. The van der Waals surface area contributed by atoms with Crippen LogP contribution in [0, 0.1) is 5.41 Å². The molecule has 3 N–H and O–H groups in total. The Kier molecular flexibility index (Phi) is 5.39. The highest BCUT2D eigenvalue weighted by Gasteiger charge is 2.20. The topological polar surface area (TPSA) is 83.1 Å². The Morgan fingerprint density at radius 2 is 1.75 bits per heavy atom. The lowest BCUT2D eigenvalue weighted by atomic mass is 9.96. The standard InChI is InChI=1S/C18H24N4O2/c1-18(2,3)17(24)21-10-9-20-16(23)13-11-15(19-4)22-14-8-6-5-7-12(13)14/h5-8,11H,9-10H2,1-4H3,(H,19,22)(H,20,23)(H,21,24). The van der Waals surface area contributed by atoms with Gasteiger partial charge in [-0.25, -0.2) is 4.98 Å². The highest BCUT2D eigenvalue weighted by Crippen LogP contribution is 2.20. The van der Waals surface area contributed by atoms with Gasteiger partial charge in [-0.3, -0.25) is 9.59 Å². The van der Waals surface area contributed by atoms with Crippen molar-refractivity contribution in [3.8, 4) is 0 Å². The lowest BCUT2D eigenvalue weighted by Gasteiger charge is -2.17. The Labute approximate surface area is 142 Å². The molecule has 6 nitrogen and oxygen atoms in total. The molecule has 1 aromatic heterocycles. The first-order valence-electron chi connectivity index (χ1n) is 7.97. The van der Waals surface area contributed by atoms with Crippen LogP contribution in [-0.4, -0.2) is 36.9 Å². The quantitative estimate of drug-likeness (QED) is 0.735. The van der Waals surface area contributed by atoms with Gasteiger partial charge in [0.25, 0.3) is 5.91 Å². The summed E-state index contributed by atoms with van der Waals surface area (Å²) in [4.78, 5) is 28.7. The number of para-hydroxylation sites is 1. The predicted molar refractivity (Wildman–Crippen MR) is 96.1 cm³/mol. The summed E-state index contributed by atoms with van der Waals surface area (Å²) in [5.74, 6) is 0.415. The highest BCUT2D eigenvalue weighted by atomic mass is 16.2. The number of nitrogens with zero attached hydrogens (tertiary/aromatic N) is 1. The fourth-order valence-corrected chi connectivity index (χ4v) is 2.20. The van der Waals surface area contributed by atoms with Gasteiger partial charge in [-0.2, -0.15) is 0 Å². The number of carbonyl (C=O) groups excluding carboxylic acids is 2. The highest BCUT2D eigenvalue weighted by molar-refractivity contribution is 6.07. The molecule has 1 heterocycles. The third-order valence-electron chi connectivity index (χ3n) is 3.59. The normalized spacial score (nSPS) is 11.2. The van der Waals surface area contributed by atoms with Crippen LogP contribution in [0.5, 0.6) is 0 Å². The van der Waals surface area contributed by atoms with Crippen molar-refractivity contribution in [1.82, 2.24) is 15.6 Å². The first-order chi connectivity index (χ1) is 11.3. The van der Waals surface area contributed by atoms with Crippen LogP contribution in [0.1, 0.15) is 31.1 Å². The monoisotopic (exact) mass is 328 g/mol. The van der Waals surface area contributed by atoms with Crippen molar-refractivity contribution in [3.63, 3.8) is 0 Å². The van der Waals surface area contributed by atoms with Gasteiger partial charge in [0.2, 0.25) is 5.91 Å². The van der Waals surface area contributed by atoms with Gasteiger partial charge >= 0.3 is 0 Å². The second kappa shape index (κ2) is 7.29. The molecule has 0 atom stereocenters. The molecule has 0 radical (unpaired) electrons. The summed E-state index contributed by atoms with van der Waals surface area (Å²) in [5, 5.41) is 9.41. The summed E-state index contributed by atoms with van der Waals surface area (Å²) in [5.41, 5.74) is 0.884. The molecule has 0 aliphatic carbocycles. The maximum absolute atomic E-state index is 12.5. The third-order valence-corrected chi connectivity index (χ3v) is 3.59. The first-order valence-corrected chi connectivity index (χ1v) is 7.97. The van der Waals surface area contributed by atoms with E-state index in [9.17, 15) is 9.59 Å². The zero-order valence-electron chi connectivity index (χ0n) is 14.6. The minimum absolute atomic E-state index is 0.0384. The molecule has 2 rings (SSSR count). The van der Waals surface area contributed by atoms with Gasteiger partial charge in [0.15, 0.2) is 0 Å². The number of rotatable bonds is 5. The fourth-order valence-electron chi connectivity index (χ4n) is 2.20. The average molecular weight is 328 g/mol. The first kappa shape index (κ1) is 17.7. The zero-order chi connectivity index (χ0) is 17.7. The van der Waals surface area contributed by atoms with Crippen LogP contribution in [0.25, 0.3) is 10.9 Å². The molecule has 128 valence electrons. The van der Waals surface area contributed by atoms with Gasteiger partial charge < -0.3 is 16.0 Å². The number of anilines is 1. The molecule has 0 saturated carbocycles. The summed E-state index contributed by atoms with van der Waals surface area (Å²) in [6.07, 6.45) is 0. The van der Waals surface area contributed by atoms with Crippen LogP contribution in [0.4, 0.5) is 5.82 Å². The van der Waals surface area contributed by atoms with E-state index >= 15 is 0 Å². The molecule has 0 saturated heterocycles. The zero-order valence-corrected chi connectivity index (χ0v) is 14.6. The Morgan fingerprint density at radius 3 is 2.42 bits per heavy atom. The Bertz CT molecular complexity index is 750. The van der Waals surface area contributed by atoms with E-state index in [1.807, 2.05) is 45.0 Å². The number of pyridine rings is 1. The van der Waals surface area contributed by atoms with E-state index in [-0.39, 0.29) is 11.8 Å². The van der Waals surface area contributed by atoms with Crippen molar-refractivity contribution in [2.24, 2.45) is 5.41 Å². The summed E-state index contributed by atoms with van der Waals surface area (Å²) >= 11 is 0. The fraction of sp³-hybridized carbons (Fsp3) is 0.389. The SMILES string of the molecule is CNc1cc(C(=O)NCCNC(=O)C(C)(C)C)c2ccccc2n1. The minimum Gasteiger partial charge on any atom is -0.373 e. The lowest BCUT2D eigenvalue weighted by molar-refractivity contribution is -0.128. The molecule has 2 amide bonds. The van der Waals surface area contributed by atoms with E-state index in [1.165, 1.54) is 0 Å². The molecule has 2 aromatic rings. The second-order valence-electron chi connectivity index (χ2n) is 6.58. The molecule has 0 fully saturated rings. The summed E-state index contributed by atoms with van der Waals surface area (Å²) in [7, 11) is 1.76. The van der Waals surface area contributed by atoms with Crippen molar-refractivity contribution >= 4 is 28.5 Å². The van der Waals surface area contributed by atoms with Crippen molar-refractivity contribution < 1.29 is 9.59 Å². The number of carbonyl (C=O) groups is 2. The van der Waals surface area contributed by atoms with Gasteiger partial charge in [0.1, 0.15) is 5.82 Å². The Hall–Kier alpha value is -2.63. The molecule has 6 heteroatoms. The lowest BCUT2D eigenvalue weighted by Crippen LogP contribution is -2.39. The van der Waals surface area contributed by atoms with Gasteiger partial charge in [0, 0.05) is 30.9 Å². The Balaban J connectivity index is 2.05. The van der Waals surface area contributed by atoms with Gasteiger partial charge in [-0.15, -0.1) is 0 Å². The predicted octanol–water partition coefficient (Wildman–Crippen LogP) is 2.17. The largest absolute Gasteiger partial charge is 0.373 e. The van der Waals surface area contributed by atoms with E-state index in [0.717, 1.165) is 10.9 Å². The van der Waals surface area contributed by atoms with E-state index < -0.39 is 5.41 Å². The molecule has 0 bridgehead atoms. The molecular weight excluding hydrogens is 304 g/mol. The van der Waals surface area contributed by atoms with Crippen LogP contribution < -0.4 is 16.0 Å². The minimum atomic E-state index is -0.437. The number of fused-ring (bicyclic) bond motifs is 1. The molecule has 0 aliphatic rings. The molecule has 0 spiro atoms. The summed E-state index contributed by atoms with van der Waals surface area (Å²) in [6.45, 7) is 6.31. The van der Waals surface area contributed by atoms with E-state index in [0.29, 0.717) is 24.5 Å². The van der Waals surface area contributed by atoms with Crippen molar-refractivity contribution in [1.29, 1.82) is 0 Å². The average Bonchev–Trinajstić information content (AvgIpc) is 2.56. The van der Waals surface area contributed by atoms with Crippen molar-refractivity contribution in [2.75, 3.05) is 25.5 Å². The smallest absolute Gasteiger partial charge is 0.252 e. The van der Waals surface area contributed by atoms with Crippen LogP contribution in [0.3, 0.4) is 0 Å². The number of hydrogen-bond acceptors (Lipinski definition) is 4. The third kappa shape index (κ3) is 4.22. The Morgan fingerprint density at radius 1 is 1.08 bits per heavy atom. The van der Waals surface area contributed by atoms with Crippen molar-refractivity contribution in [2.45, 2.75) is 20.8 Å².